The molecule has 0 saturated heterocycles. The molecule has 136 valence electrons. The quantitative estimate of drug-likeness (QED) is 0.587. The number of ether oxygens (including phenoxy) is 1. The van der Waals surface area contributed by atoms with E-state index < -0.39 is 12.3 Å². The number of halogens is 3. The highest BCUT2D eigenvalue weighted by molar-refractivity contribution is 7.16. The van der Waals surface area contributed by atoms with Gasteiger partial charge in [0.25, 0.3) is 0 Å². The van der Waals surface area contributed by atoms with Crippen LogP contribution in [0.5, 0.6) is 5.75 Å². The third-order valence-electron chi connectivity index (χ3n) is 3.46. The van der Waals surface area contributed by atoms with Crippen LogP contribution >= 0.6 is 11.3 Å². The SMILES string of the molecule is [C-]#[N+]c1cc(-c2ncc(C(=O)O)s2)ccc1-c1cccc(OC(F)(F)F)c1. The molecule has 0 atom stereocenters. The molecule has 0 aliphatic rings. The molecule has 3 rings (SSSR count). The lowest BCUT2D eigenvalue weighted by molar-refractivity contribution is -0.274. The minimum atomic E-state index is -4.81. The molecule has 0 amide bonds. The van der Waals surface area contributed by atoms with Gasteiger partial charge in [-0.15, -0.1) is 24.5 Å². The van der Waals surface area contributed by atoms with E-state index >= 15 is 0 Å². The number of alkyl halides is 3. The van der Waals surface area contributed by atoms with Gasteiger partial charge in [-0.05, 0) is 29.3 Å². The van der Waals surface area contributed by atoms with Crippen molar-refractivity contribution in [2.24, 2.45) is 0 Å². The van der Waals surface area contributed by atoms with Crippen LogP contribution < -0.4 is 4.74 Å². The van der Waals surface area contributed by atoms with Crippen molar-refractivity contribution in [2.45, 2.75) is 6.36 Å². The molecule has 1 N–H and O–H groups in total. The zero-order valence-corrected chi connectivity index (χ0v) is 14.1. The van der Waals surface area contributed by atoms with Gasteiger partial charge in [-0.1, -0.05) is 24.3 Å². The molecule has 0 unspecified atom stereocenters. The van der Waals surface area contributed by atoms with Gasteiger partial charge < -0.3 is 9.84 Å². The average Bonchev–Trinajstić information content (AvgIpc) is 3.10. The largest absolute Gasteiger partial charge is 0.573 e. The molecule has 0 radical (unpaired) electrons. The Balaban J connectivity index is 1.99. The number of carboxylic acids is 1. The molecule has 9 heteroatoms. The van der Waals surface area contributed by atoms with Gasteiger partial charge in [-0.2, -0.15) is 0 Å². The fourth-order valence-corrected chi connectivity index (χ4v) is 3.12. The Kier molecular flexibility index (Phi) is 4.83. The van der Waals surface area contributed by atoms with Crippen LogP contribution in [0.15, 0.2) is 48.7 Å². The predicted octanol–water partition coefficient (Wildman–Crippen LogP) is 5.62. The molecule has 0 fully saturated rings. The van der Waals surface area contributed by atoms with Crippen LogP contribution in [-0.2, 0) is 0 Å². The van der Waals surface area contributed by atoms with Crippen molar-refractivity contribution in [3.8, 4) is 27.4 Å². The first-order valence-corrected chi connectivity index (χ1v) is 8.15. The molecule has 0 saturated carbocycles. The van der Waals surface area contributed by atoms with E-state index in [9.17, 15) is 18.0 Å². The summed E-state index contributed by atoms with van der Waals surface area (Å²) in [6.07, 6.45) is -3.58. The van der Waals surface area contributed by atoms with Crippen LogP contribution in [0.1, 0.15) is 9.67 Å². The summed E-state index contributed by atoms with van der Waals surface area (Å²) < 4.78 is 41.1. The molecule has 0 aliphatic heterocycles. The number of hydrogen-bond acceptors (Lipinski definition) is 4. The maximum atomic E-state index is 12.4. The Morgan fingerprint density at radius 1 is 1.19 bits per heavy atom. The number of aromatic nitrogens is 1. The van der Waals surface area contributed by atoms with Gasteiger partial charge in [0.1, 0.15) is 15.6 Å². The van der Waals surface area contributed by atoms with E-state index in [0.29, 0.717) is 21.7 Å². The smallest absolute Gasteiger partial charge is 0.477 e. The molecular formula is C18H9F3N2O3S. The molecular weight excluding hydrogens is 381 g/mol. The maximum absolute atomic E-state index is 12.4. The van der Waals surface area contributed by atoms with Crippen molar-refractivity contribution in [1.29, 1.82) is 0 Å². The number of benzene rings is 2. The lowest BCUT2D eigenvalue weighted by Gasteiger charge is -2.11. The highest BCUT2D eigenvalue weighted by atomic mass is 32.1. The fourth-order valence-electron chi connectivity index (χ4n) is 2.37. The van der Waals surface area contributed by atoms with E-state index in [1.54, 1.807) is 18.2 Å². The number of hydrogen-bond donors (Lipinski definition) is 1. The van der Waals surface area contributed by atoms with Crippen molar-refractivity contribution in [2.75, 3.05) is 0 Å². The number of carbonyl (C=O) groups is 1. The van der Waals surface area contributed by atoms with Crippen molar-refractivity contribution in [3.05, 3.63) is 65.0 Å². The number of thiazole rings is 1. The third kappa shape index (κ3) is 4.24. The summed E-state index contributed by atoms with van der Waals surface area (Å²) in [7, 11) is 0. The Hall–Kier alpha value is -3.38. The first-order valence-electron chi connectivity index (χ1n) is 7.34. The second-order valence-electron chi connectivity index (χ2n) is 5.25. The van der Waals surface area contributed by atoms with Gasteiger partial charge in [0.15, 0.2) is 5.69 Å². The summed E-state index contributed by atoms with van der Waals surface area (Å²) in [5.74, 6) is -1.48. The molecule has 0 spiro atoms. The topological polar surface area (TPSA) is 63.8 Å². The first-order chi connectivity index (χ1) is 12.8. The second kappa shape index (κ2) is 7.09. The van der Waals surface area contributed by atoms with Gasteiger partial charge in [0.05, 0.1) is 12.8 Å². The summed E-state index contributed by atoms with van der Waals surface area (Å²) in [6.45, 7) is 7.37. The Morgan fingerprint density at radius 3 is 2.59 bits per heavy atom. The third-order valence-corrected chi connectivity index (χ3v) is 4.49. The van der Waals surface area contributed by atoms with Gasteiger partial charge in [-0.3, -0.25) is 0 Å². The van der Waals surface area contributed by atoms with Crippen molar-refractivity contribution < 1.29 is 27.8 Å². The fraction of sp³-hybridized carbons (Fsp3) is 0.0556. The molecule has 0 aliphatic carbocycles. The highest BCUT2D eigenvalue weighted by Gasteiger charge is 2.31. The van der Waals surface area contributed by atoms with Crippen LogP contribution in [0.4, 0.5) is 18.9 Å². The normalized spacial score (nSPS) is 11.0. The van der Waals surface area contributed by atoms with Gasteiger partial charge in [-0.25, -0.2) is 14.6 Å². The van der Waals surface area contributed by atoms with Crippen molar-refractivity contribution in [1.82, 2.24) is 4.98 Å². The number of rotatable bonds is 4. The first kappa shape index (κ1) is 18.4. The Labute approximate surface area is 155 Å². The van der Waals surface area contributed by atoms with Gasteiger partial charge >= 0.3 is 12.3 Å². The molecule has 1 aromatic heterocycles. The minimum absolute atomic E-state index is 0.0652. The van der Waals surface area contributed by atoms with Crippen LogP contribution in [0.25, 0.3) is 26.5 Å². The lowest BCUT2D eigenvalue weighted by atomic mass is 10.0. The van der Waals surface area contributed by atoms with Crippen molar-refractivity contribution in [3.63, 3.8) is 0 Å². The van der Waals surface area contributed by atoms with Crippen LogP contribution in [0.2, 0.25) is 0 Å². The molecule has 2 aromatic carbocycles. The summed E-state index contributed by atoms with van der Waals surface area (Å²) in [5.41, 5.74) is 1.56. The summed E-state index contributed by atoms with van der Waals surface area (Å²) >= 11 is 0.965. The van der Waals surface area contributed by atoms with Crippen molar-refractivity contribution >= 4 is 23.0 Å². The van der Waals surface area contributed by atoms with Crippen LogP contribution in [0, 0.1) is 6.57 Å². The van der Waals surface area contributed by atoms with E-state index in [4.69, 9.17) is 11.7 Å². The molecule has 5 nitrogen and oxygen atoms in total. The number of aromatic carboxylic acids is 1. The maximum Gasteiger partial charge on any atom is 0.573 e. The van der Waals surface area contributed by atoms with E-state index in [1.165, 1.54) is 30.5 Å². The summed E-state index contributed by atoms with van der Waals surface area (Å²) in [6, 6.07) is 10.1. The lowest BCUT2D eigenvalue weighted by Crippen LogP contribution is -2.17. The van der Waals surface area contributed by atoms with Gasteiger partial charge in [0, 0.05) is 5.56 Å². The minimum Gasteiger partial charge on any atom is -0.477 e. The Bertz CT molecular complexity index is 1050. The predicted molar refractivity (Wildman–Crippen MR) is 92.9 cm³/mol. The van der Waals surface area contributed by atoms with E-state index in [1.807, 2.05) is 0 Å². The number of carboxylic acid groups (broad SMARTS) is 1. The van der Waals surface area contributed by atoms with E-state index in [-0.39, 0.29) is 16.3 Å². The molecule has 27 heavy (non-hydrogen) atoms. The molecule has 3 aromatic rings. The summed E-state index contributed by atoms with van der Waals surface area (Å²) in [5, 5.41) is 9.40. The zero-order chi connectivity index (χ0) is 19.6. The van der Waals surface area contributed by atoms with Crippen LogP contribution in [-0.4, -0.2) is 22.4 Å². The van der Waals surface area contributed by atoms with Crippen LogP contribution in [0.3, 0.4) is 0 Å². The summed E-state index contributed by atoms with van der Waals surface area (Å²) in [4.78, 5) is 18.5. The van der Waals surface area contributed by atoms with E-state index in [2.05, 4.69) is 14.6 Å². The van der Waals surface area contributed by atoms with Gasteiger partial charge in [0.2, 0.25) is 0 Å². The number of nitrogens with zero attached hydrogens (tertiary/aromatic N) is 2. The second-order valence-corrected chi connectivity index (χ2v) is 6.28. The standard InChI is InChI=1S/C18H9F3N2O3S/c1-22-14-8-11(16-23-9-15(27-16)17(24)25)5-6-13(14)10-3-2-4-12(7-10)26-18(19,20)21/h2-9H,(H,24,25). The molecule has 0 bridgehead atoms. The monoisotopic (exact) mass is 390 g/mol. The Morgan fingerprint density at radius 2 is 1.96 bits per heavy atom. The zero-order valence-electron chi connectivity index (χ0n) is 13.3. The highest BCUT2D eigenvalue weighted by Crippen LogP contribution is 2.37. The van der Waals surface area contributed by atoms with E-state index in [0.717, 1.165) is 11.3 Å². The molecule has 1 heterocycles. The average molecular weight is 390 g/mol.